The van der Waals surface area contributed by atoms with Gasteiger partial charge in [0.1, 0.15) is 5.82 Å². The van der Waals surface area contributed by atoms with E-state index in [0.717, 1.165) is 23.5 Å². The minimum atomic E-state index is -0.106. The highest BCUT2D eigenvalue weighted by Gasteiger charge is 2.30. The van der Waals surface area contributed by atoms with Gasteiger partial charge in [0.25, 0.3) is 5.91 Å². The number of imidazole rings is 1. The molecule has 1 amide bonds. The molecule has 0 atom stereocenters. The highest BCUT2D eigenvalue weighted by atomic mass is 32.1. The molecule has 0 saturated heterocycles. The van der Waals surface area contributed by atoms with Crippen LogP contribution in [0.15, 0.2) is 35.3 Å². The normalized spacial score (nSPS) is 14.4. The Balaban J connectivity index is 1.53. The number of nitrogens with one attached hydrogen (secondary N) is 1. The Kier molecular flexibility index (Phi) is 3.38. The maximum absolute atomic E-state index is 12.4. The van der Waals surface area contributed by atoms with Gasteiger partial charge in [-0.1, -0.05) is 6.07 Å². The smallest absolute Gasteiger partial charge is 0.272 e. The molecule has 1 fully saturated rings. The van der Waals surface area contributed by atoms with Gasteiger partial charge in [0.2, 0.25) is 0 Å². The number of thiazole rings is 1. The highest BCUT2D eigenvalue weighted by Crippen LogP contribution is 2.39. The number of aromatic nitrogens is 3. The van der Waals surface area contributed by atoms with Crippen molar-refractivity contribution in [2.45, 2.75) is 25.2 Å². The molecule has 0 spiro atoms. The second-order valence-electron chi connectivity index (χ2n) is 5.53. The average molecular weight is 312 g/mol. The monoisotopic (exact) mass is 312 g/mol. The van der Waals surface area contributed by atoms with Crippen LogP contribution in [0, 0.1) is 0 Å². The van der Waals surface area contributed by atoms with E-state index in [9.17, 15) is 4.79 Å². The fourth-order valence-corrected chi connectivity index (χ4v) is 3.20. The van der Waals surface area contributed by atoms with Crippen molar-refractivity contribution in [2.75, 3.05) is 6.54 Å². The molecule has 1 saturated carbocycles. The Morgan fingerprint density at radius 3 is 3.09 bits per heavy atom. The molecular formula is C16H16N4OS. The van der Waals surface area contributed by atoms with Crippen molar-refractivity contribution in [3.63, 3.8) is 0 Å². The third kappa shape index (κ3) is 2.50. The summed E-state index contributed by atoms with van der Waals surface area (Å²) >= 11 is 1.57. The molecule has 1 aliphatic rings. The van der Waals surface area contributed by atoms with Gasteiger partial charge in [-0.3, -0.25) is 4.79 Å². The highest BCUT2D eigenvalue weighted by molar-refractivity contribution is 7.07. The lowest BCUT2D eigenvalue weighted by Gasteiger charge is -2.02. The molecule has 0 aromatic carbocycles. The van der Waals surface area contributed by atoms with Crippen molar-refractivity contribution in [2.24, 2.45) is 0 Å². The zero-order chi connectivity index (χ0) is 14.9. The number of pyridine rings is 1. The van der Waals surface area contributed by atoms with Crippen LogP contribution >= 0.6 is 11.3 Å². The fourth-order valence-electron chi connectivity index (χ4n) is 2.61. The summed E-state index contributed by atoms with van der Waals surface area (Å²) in [7, 11) is 0. The molecular weight excluding hydrogens is 296 g/mol. The molecule has 0 bridgehead atoms. The first-order valence-electron chi connectivity index (χ1n) is 7.45. The van der Waals surface area contributed by atoms with E-state index in [1.165, 1.54) is 12.8 Å². The van der Waals surface area contributed by atoms with Gasteiger partial charge < -0.3 is 9.72 Å². The second kappa shape index (κ2) is 5.53. The van der Waals surface area contributed by atoms with Crippen molar-refractivity contribution in [1.82, 2.24) is 19.7 Å². The first-order chi connectivity index (χ1) is 10.8. The zero-order valence-corrected chi connectivity index (χ0v) is 12.8. The van der Waals surface area contributed by atoms with Crippen LogP contribution in [0.4, 0.5) is 0 Å². The largest absolute Gasteiger partial charge is 0.350 e. The molecule has 0 radical (unpaired) electrons. The minimum Gasteiger partial charge on any atom is -0.350 e. The van der Waals surface area contributed by atoms with E-state index < -0.39 is 0 Å². The average Bonchev–Trinajstić information content (AvgIpc) is 3.11. The number of carbonyl (C=O) groups excluding carboxylic acids is 1. The Hall–Kier alpha value is -2.21. The van der Waals surface area contributed by atoms with E-state index >= 15 is 0 Å². The Bertz CT molecular complexity index is 805. The summed E-state index contributed by atoms with van der Waals surface area (Å²) in [6.45, 7) is 0.577. The van der Waals surface area contributed by atoms with Crippen LogP contribution in [-0.2, 0) is 6.42 Å². The summed E-state index contributed by atoms with van der Waals surface area (Å²) in [6, 6.07) is 5.87. The first kappa shape index (κ1) is 13.5. The molecule has 3 aromatic heterocycles. The second-order valence-corrected chi connectivity index (χ2v) is 6.25. The van der Waals surface area contributed by atoms with E-state index in [1.54, 1.807) is 11.3 Å². The van der Waals surface area contributed by atoms with Crippen molar-refractivity contribution >= 4 is 22.8 Å². The molecule has 5 nitrogen and oxygen atoms in total. The number of hydrogen-bond donors (Lipinski definition) is 1. The van der Waals surface area contributed by atoms with E-state index in [0.29, 0.717) is 18.2 Å². The van der Waals surface area contributed by atoms with Crippen LogP contribution in [0.2, 0.25) is 0 Å². The van der Waals surface area contributed by atoms with Gasteiger partial charge in [-0.25, -0.2) is 9.97 Å². The standard InChI is InChI=1S/C16H16N4OS/c21-16(17-7-6-12-9-22-10-18-12)14-13-3-1-2-8-20(13)15(19-14)11-4-5-11/h1-3,8-11H,4-7H2,(H,17,21). The molecule has 3 aromatic rings. The third-order valence-corrected chi connectivity index (χ3v) is 4.52. The van der Waals surface area contributed by atoms with Gasteiger partial charge in [0.05, 0.1) is 16.7 Å². The molecule has 22 heavy (non-hydrogen) atoms. The van der Waals surface area contributed by atoms with Crippen molar-refractivity contribution in [1.29, 1.82) is 0 Å². The van der Waals surface area contributed by atoms with E-state index in [2.05, 4.69) is 15.3 Å². The van der Waals surface area contributed by atoms with Gasteiger partial charge >= 0.3 is 0 Å². The van der Waals surface area contributed by atoms with Crippen LogP contribution in [0.5, 0.6) is 0 Å². The van der Waals surface area contributed by atoms with Crippen molar-refractivity contribution < 1.29 is 4.79 Å². The quantitative estimate of drug-likeness (QED) is 0.788. The van der Waals surface area contributed by atoms with Crippen LogP contribution in [0.1, 0.15) is 40.8 Å². The molecule has 1 N–H and O–H groups in total. The topological polar surface area (TPSA) is 59.3 Å². The predicted octanol–water partition coefficient (Wildman–Crippen LogP) is 2.64. The number of amides is 1. The third-order valence-electron chi connectivity index (χ3n) is 3.88. The molecule has 112 valence electrons. The van der Waals surface area contributed by atoms with Crippen LogP contribution < -0.4 is 5.32 Å². The number of hydrogen-bond acceptors (Lipinski definition) is 4. The maximum Gasteiger partial charge on any atom is 0.272 e. The van der Waals surface area contributed by atoms with Gasteiger partial charge in [-0.15, -0.1) is 11.3 Å². The number of carbonyl (C=O) groups is 1. The summed E-state index contributed by atoms with van der Waals surface area (Å²) in [5.74, 6) is 1.41. The lowest BCUT2D eigenvalue weighted by molar-refractivity contribution is 0.0951. The summed E-state index contributed by atoms with van der Waals surface area (Å²) in [4.78, 5) is 21.3. The van der Waals surface area contributed by atoms with Crippen LogP contribution in [0.25, 0.3) is 5.52 Å². The lowest BCUT2D eigenvalue weighted by atomic mass is 10.3. The molecule has 0 unspecified atom stereocenters. The van der Waals surface area contributed by atoms with E-state index in [-0.39, 0.29) is 5.91 Å². The summed E-state index contributed by atoms with van der Waals surface area (Å²) < 4.78 is 2.05. The predicted molar refractivity (Wildman–Crippen MR) is 85.3 cm³/mol. The van der Waals surface area contributed by atoms with E-state index in [1.807, 2.05) is 39.7 Å². The summed E-state index contributed by atoms with van der Waals surface area (Å²) in [5, 5.41) is 4.96. The maximum atomic E-state index is 12.4. The van der Waals surface area contributed by atoms with Crippen molar-refractivity contribution in [3.8, 4) is 0 Å². The van der Waals surface area contributed by atoms with Gasteiger partial charge in [0.15, 0.2) is 5.69 Å². The van der Waals surface area contributed by atoms with Gasteiger partial charge in [-0.2, -0.15) is 0 Å². The lowest BCUT2D eigenvalue weighted by Crippen LogP contribution is -2.26. The zero-order valence-electron chi connectivity index (χ0n) is 12.0. The molecule has 6 heteroatoms. The van der Waals surface area contributed by atoms with Crippen molar-refractivity contribution in [3.05, 3.63) is 52.5 Å². The molecule has 3 heterocycles. The number of nitrogens with zero attached hydrogens (tertiary/aromatic N) is 3. The SMILES string of the molecule is O=C(NCCc1cscn1)c1nc(C2CC2)n2ccccc12. The first-order valence-corrected chi connectivity index (χ1v) is 8.39. The minimum absolute atomic E-state index is 0.106. The Labute approximate surface area is 132 Å². The van der Waals surface area contributed by atoms with Crippen LogP contribution in [0.3, 0.4) is 0 Å². The number of rotatable bonds is 5. The summed E-state index contributed by atoms with van der Waals surface area (Å²) in [6.07, 6.45) is 5.07. The van der Waals surface area contributed by atoms with Gasteiger partial charge in [-0.05, 0) is 25.0 Å². The van der Waals surface area contributed by atoms with Crippen LogP contribution in [-0.4, -0.2) is 26.8 Å². The Morgan fingerprint density at radius 2 is 2.32 bits per heavy atom. The number of fused-ring (bicyclic) bond motifs is 1. The van der Waals surface area contributed by atoms with Gasteiger partial charge in [0, 0.05) is 30.5 Å². The fraction of sp³-hybridized carbons (Fsp3) is 0.312. The van der Waals surface area contributed by atoms with E-state index in [4.69, 9.17) is 0 Å². The molecule has 1 aliphatic carbocycles. The molecule has 0 aliphatic heterocycles. The Morgan fingerprint density at radius 1 is 1.41 bits per heavy atom. The summed E-state index contributed by atoms with van der Waals surface area (Å²) in [5.41, 5.74) is 4.23. The molecule has 4 rings (SSSR count).